The molecular weight excluding hydrogens is 302 g/mol. The molecule has 1 aromatic carbocycles. The molecule has 3 unspecified atom stereocenters. The van der Waals surface area contributed by atoms with E-state index in [1.807, 2.05) is 0 Å². The van der Waals surface area contributed by atoms with E-state index in [4.69, 9.17) is 4.74 Å². The van der Waals surface area contributed by atoms with Crippen molar-refractivity contribution in [3.63, 3.8) is 0 Å². The molecular formula is C16H22BrNO. The number of hydrogen-bond donors (Lipinski definition) is 1. The summed E-state index contributed by atoms with van der Waals surface area (Å²) < 4.78 is 7.07. The van der Waals surface area contributed by atoms with Crippen molar-refractivity contribution in [2.24, 2.45) is 11.3 Å². The van der Waals surface area contributed by atoms with Gasteiger partial charge < -0.3 is 10.1 Å². The van der Waals surface area contributed by atoms with Gasteiger partial charge in [-0.2, -0.15) is 0 Å². The summed E-state index contributed by atoms with van der Waals surface area (Å²) in [5, 5.41) is 3.75. The second-order valence-corrected chi connectivity index (χ2v) is 7.40. The maximum Gasteiger partial charge on any atom is 0.0694 e. The molecule has 1 saturated carbocycles. The smallest absolute Gasteiger partial charge is 0.0694 e. The fourth-order valence-corrected chi connectivity index (χ4v) is 4.05. The van der Waals surface area contributed by atoms with E-state index in [-0.39, 0.29) is 5.41 Å². The molecule has 3 atom stereocenters. The number of halogens is 1. The van der Waals surface area contributed by atoms with E-state index in [0.717, 1.165) is 6.61 Å². The minimum atomic E-state index is 0.232. The Morgan fingerprint density at radius 1 is 1.26 bits per heavy atom. The van der Waals surface area contributed by atoms with Gasteiger partial charge in [-0.25, -0.2) is 0 Å². The van der Waals surface area contributed by atoms with Gasteiger partial charge in [0.25, 0.3) is 0 Å². The molecule has 1 heterocycles. The number of rotatable bonds is 2. The van der Waals surface area contributed by atoms with Crippen LogP contribution in [0.3, 0.4) is 0 Å². The maximum absolute atomic E-state index is 5.85. The molecule has 0 amide bonds. The van der Waals surface area contributed by atoms with Crippen LogP contribution in [0.25, 0.3) is 0 Å². The lowest BCUT2D eigenvalue weighted by atomic mass is 9.57. The largest absolute Gasteiger partial charge is 0.381 e. The number of hydrogen-bond acceptors (Lipinski definition) is 2. The first kappa shape index (κ1) is 13.4. The van der Waals surface area contributed by atoms with Gasteiger partial charge >= 0.3 is 0 Å². The second-order valence-electron chi connectivity index (χ2n) is 6.61. The van der Waals surface area contributed by atoms with Crippen molar-refractivity contribution < 1.29 is 4.74 Å². The Morgan fingerprint density at radius 2 is 1.89 bits per heavy atom. The highest BCUT2D eigenvalue weighted by Crippen LogP contribution is 2.53. The van der Waals surface area contributed by atoms with Crippen LogP contribution < -0.4 is 5.32 Å². The van der Waals surface area contributed by atoms with E-state index in [2.05, 4.69) is 61.1 Å². The SMILES string of the molecule is Cc1cc(NC2C3CCOC3C2(C)C)cc(C)c1Br. The maximum atomic E-state index is 5.85. The molecule has 1 aliphatic heterocycles. The molecule has 0 spiro atoms. The van der Waals surface area contributed by atoms with E-state index in [1.165, 1.54) is 27.7 Å². The third-order valence-electron chi connectivity index (χ3n) is 4.86. The molecule has 2 aliphatic rings. The van der Waals surface area contributed by atoms with Crippen LogP contribution in [0, 0.1) is 25.2 Å². The number of ether oxygens (including phenoxy) is 1. The Kier molecular flexibility index (Phi) is 3.18. The molecule has 1 saturated heterocycles. The zero-order valence-corrected chi connectivity index (χ0v) is 13.7. The topological polar surface area (TPSA) is 21.3 Å². The molecule has 3 rings (SSSR count). The molecule has 0 bridgehead atoms. The Labute approximate surface area is 124 Å². The predicted molar refractivity (Wildman–Crippen MR) is 82.7 cm³/mol. The summed E-state index contributed by atoms with van der Waals surface area (Å²) in [4.78, 5) is 0. The third kappa shape index (κ3) is 2.02. The van der Waals surface area contributed by atoms with E-state index < -0.39 is 0 Å². The Hall–Kier alpha value is -0.540. The summed E-state index contributed by atoms with van der Waals surface area (Å²) >= 11 is 3.63. The summed E-state index contributed by atoms with van der Waals surface area (Å²) in [6.07, 6.45) is 1.64. The van der Waals surface area contributed by atoms with Crippen molar-refractivity contribution in [3.8, 4) is 0 Å². The van der Waals surface area contributed by atoms with Gasteiger partial charge in [-0.1, -0.05) is 29.8 Å². The summed E-state index contributed by atoms with van der Waals surface area (Å²) in [5.41, 5.74) is 4.05. The van der Waals surface area contributed by atoms with Crippen LogP contribution in [-0.4, -0.2) is 18.8 Å². The van der Waals surface area contributed by atoms with Crippen molar-refractivity contribution >= 4 is 21.6 Å². The Balaban J connectivity index is 1.82. The zero-order chi connectivity index (χ0) is 13.8. The van der Waals surface area contributed by atoms with Crippen molar-refractivity contribution in [2.45, 2.75) is 46.3 Å². The van der Waals surface area contributed by atoms with Gasteiger partial charge in [-0.15, -0.1) is 0 Å². The fourth-order valence-electron chi connectivity index (χ4n) is 3.83. The average molecular weight is 324 g/mol. The number of aryl methyl sites for hydroxylation is 2. The monoisotopic (exact) mass is 323 g/mol. The number of anilines is 1. The summed E-state index contributed by atoms with van der Waals surface area (Å²) in [6, 6.07) is 4.99. The average Bonchev–Trinajstić information content (AvgIpc) is 2.79. The van der Waals surface area contributed by atoms with Crippen LogP contribution in [-0.2, 0) is 4.74 Å². The van der Waals surface area contributed by atoms with Crippen LogP contribution >= 0.6 is 15.9 Å². The molecule has 2 fully saturated rings. The van der Waals surface area contributed by atoms with Crippen molar-refractivity contribution in [1.82, 2.24) is 0 Å². The van der Waals surface area contributed by atoms with Gasteiger partial charge in [-0.3, -0.25) is 0 Å². The van der Waals surface area contributed by atoms with Crippen molar-refractivity contribution in [1.29, 1.82) is 0 Å². The van der Waals surface area contributed by atoms with E-state index in [0.29, 0.717) is 18.1 Å². The summed E-state index contributed by atoms with van der Waals surface area (Å²) in [6.45, 7) is 9.85. The fraction of sp³-hybridized carbons (Fsp3) is 0.625. The first-order valence-corrected chi connectivity index (χ1v) is 7.85. The highest BCUT2D eigenvalue weighted by atomic mass is 79.9. The van der Waals surface area contributed by atoms with E-state index >= 15 is 0 Å². The van der Waals surface area contributed by atoms with E-state index in [1.54, 1.807) is 0 Å². The predicted octanol–water partition coefficient (Wildman–Crippen LogP) is 4.29. The quantitative estimate of drug-likeness (QED) is 0.876. The van der Waals surface area contributed by atoms with Crippen LogP contribution in [0.4, 0.5) is 5.69 Å². The Morgan fingerprint density at radius 3 is 2.53 bits per heavy atom. The highest BCUT2D eigenvalue weighted by molar-refractivity contribution is 9.10. The molecule has 19 heavy (non-hydrogen) atoms. The highest BCUT2D eigenvalue weighted by Gasteiger charge is 2.59. The van der Waals surface area contributed by atoms with Gasteiger partial charge in [0, 0.05) is 34.1 Å². The lowest BCUT2D eigenvalue weighted by Crippen LogP contribution is -2.63. The third-order valence-corrected chi connectivity index (χ3v) is 6.11. The van der Waals surface area contributed by atoms with Crippen molar-refractivity contribution in [2.75, 3.05) is 11.9 Å². The van der Waals surface area contributed by atoms with Gasteiger partial charge in [0.15, 0.2) is 0 Å². The molecule has 2 nitrogen and oxygen atoms in total. The molecule has 1 N–H and O–H groups in total. The van der Waals surface area contributed by atoms with Crippen LogP contribution in [0.15, 0.2) is 16.6 Å². The van der Waals surface area contributed by atoms with Gasteiger partial charge in [0.2, 0.25) is 0 Å². The lowest BCUT2D eigenvalue weighted by molar-refractivity contribution is -0.0923. The standard InChI is InChI=1S/C16H22BrNO/c1-9-7-11(8-10(2)13(9)17)18-14-12-5-6-19-15(12)16(14,3)4/h7-8,12,14-15,18H,5-6H2,1-4H3. The minimum Gasteiger partial charge on any atom is -0.381 e. The van der Waals surface area contributed by atoms with Gasteiger partial charge in [0.1, 0.15) is 0 Å². The number of benzene rings is 1. The van der Waals surface area contributed by atoms with E-state index in [9.17, 15) is 0 Å². The normalized spacial score (nSPS) is 31.7. The molecule has 0 aromatic heterocycles. The Bertz CT molecular complexity index is 488. The van der Waals surface area contributed by atoms with Gasteiger partial charge in [0.05, 0.1) is 6.10 Å². The molecule has 1 aliphatic carbocycles. The lowest BCUT2D eigenvalue weighted by Gasteiger charge is -2.55. The van der Waals surface area contributed by atoms with Crippen LogP contribution in [0.2, 0.25) is 0 Å². The van der Waals surface area contributed by atoms with Crippen LogP contribution in [0.1, 0.15) is 31.4 Å². The molecule has 104 valence electrons. The number of fused-ring (bicyclic) bond motifs is 1. The minimum absolute atomic E-state index is 0.232. The molecule has 3 heteroatoms. The van der Waals surface area contributed by atoms with Gasteiger partial charge in [-0.05, 0) is 43.5 Å². The van der Waals surface area contributed by atoms with Crippen LogP contribution in [0.5, 0.6) is 0 Å². The second kappa shape index (κ2) is 4.49. The van der Waals surface area contributed by atoms with Crippen molar-refractivity contribution in [3.05, 3.63) is 27.7 Å². The zero-order valence-electron chi connectivity index (χ0n) is 12.1. The first-order valence-electron chi connectivity index (χ1n) is 7.06. The summed E-state index contributed by atoms with van der Waals surface area (Å²) in [5.74, 6) is 0.680. The molecule has 1 aromatic rings. The first-order chi connectivity index (χ1) is 8.91. The summed E-state index contributed by atoms with van der Waals surface area (Å²) in [7, 11) is 0. The molecule has 0 radical (unpaired) electrons. The number of nitrogens with one attached hydrogen (secondary N) is 1.